The Labute approximate surface area is 256 Å². The summed E-state index contributed by atoms with van der Waals surface area (Å²) in [6.07, 6.45) is 3.20. The summed E-state index contributed by atoms with van der Waals surface area (Å²) < 4.78 is 36.4. The Bertz CT molecular complexity index is 1770. The Morgan fingerprint density at radius 3 is 2.48 bits per heavy atom. The number of carbonyl (C=O) groups is 1. The first-order valence-electron chi connectivity index (χ1n) is 14.3. The van der Waals surface area contributed by atoms with Crippen molar-refractivity contribution in [2.75, 3.05) is 43.0 Å². The molecule has 0 bridgehead atoms. The highest BCUT2D eigenvalue weighted by molar-refractivity contribution is 7.90. The van der Waals surface area contributed by atoms with Gasteiger partial charge in [-0.3, -0.25) is 0 Å². The second-order valence-electron chi connectivity index (χ2n) is 12.0. The maximum absolute atomic E-state index is 12.5. The molecule has 13 heteroatoms. The van der Waals surface area contributed by atoms with Gasteiger partial charge in [-0.05, 0) is 69.5 Å². The van der Waals surface area contributed by atoms with Crippen molar-refractivity contribution in [2.24, 2.45) is 0 Å². The van der Waals surface area contributed by atoms with Gasteiger partial charge in [-0.15, -0.1) is 5.10 Å². The zero-order valence-corrected chi connectivity index (χ0v) is 26.3. The minimum absolute atomic E-state index is 0.192. The molecule has 1 aliphatic rings. The average molecular weight is 623 g/mol. The lowest BCUT2D eigenvalue weighted by Gasteiger charge is -2.39. The van der Waals surface area contributed by atoms with Crippen LogP contribution < -0.4 is 15.4 Å². The number of sulfone groups is 1. The lowest BCUT2D eigenvalue weighted by Crippen LogP contribution is -2.46. The summed E-state index contributed by atoms with van der Waals surface area (Å²) >= 11 is 0. The molecule has 0 saturated carbocycles. The molecule has 0 unspecified atom stereocenters. The zero-order chi connectivity index (χ0) is 31.7. The van der Waals surface area contributed by atoms with Crippen molar-refractivity contribution in [3.05, 3.63) is 66.4 Å². The number of hydrogen-bond acceptors (Lipinski definition) is 10. The minimum Gasteiger partial charge on any atom is -0.495 e. The molecule has 1 saturated heterocycles. The summed E-state index contributed by atoms with van der Waals surface area (Å²) in [5, 5.41) is 22.4. The number of rotatable bonds is 8. The number of para-hydroxylation sites is 1. The number of likely N-dealkylation sites (tertiary alicyclic amines) is 1. The molecule has 3 heterocycles. The van der Waals surface area contributed by atoms with Gasteiger partial charge < -0.3 is 30.1 Å². The lowest BCUT2D eigenvalue weighted by molar-refractivity contribution is -0.0357. The summed E-state index contributed by atoms with van der Waals surface area (Å²) in [5.41, 5.74) is 2.54. The molecular formula is C31H38N6O6S. The van der Waals surface area contributed by atoms with Crippen LogP contribution in [0.5, 0.6) is 5.75 Å². The number of anilines is 3. The number of piperidine rings is 1. The first-order chi connectivity index (χ1) is 20.7. The van der Waals surface area contributed by atoms with Gasteiger partial charge in [0.1, 0.15) is 17.2 Å². The third-order valence-electron chi connectivity index (χ3n) is 7.35. The van der Waals surface area contributed by atoms with Crippen molar-refractivity contribution in [1.82, 2.24) is 19.5 Å². The Morgan fingerprint density at radius 2 is 1.80 bits per heavy atom. The van der Waals surface area contributed by atoms with Crippen molar-refractivity contribution < 1.29 is 27.8 Å². The highest BCUT2D eigenvalue weighted by atomic mass is 32.2. The molecule has 2 aromatic heterocycles. The van der Waals surface area contributed by atoms with Crippen LogP contribution in [0.25, 0.3) is 16.8 Å². The van der Waals surface area contributed by atoms with Crippen LogP contribution in [0, 0.1) is 0 Å². The van der Waals surface area contributed by atoms with E-state index in [9.17, 15) is 18.3 Å². The first-order valence-corrected chi connectivity index (χ1v) is 16.3. The van der Waals surface area contributed by atoms with Gasteiger partial charge in [0.2, 0.25) is 5.95 Å². The summed E-state index contributed by atoms with van der Waals surface area (Å²) in [6, 6.07) is 16.6. The quantitative estimate of drug-likeness (QED) is 0.251. The Kier molecular flexibility index (Phi) is 8.45. The van der Waals surface area contributed by atoms with Crippen LogP contribution in [0.2, 0.25) is 0 Å². The van der Waals surface area contributed by atoms with Crippen LogP contribution >= 0.6 is 0 Å². The van der Waals surface area contributed by atoms with Crippen LogP contribution in [-0.2, 0) is 20.2 Å². The van der Waals surface area contributed by atoms with E-state index in [-0.39, 0.29) is 12.0 Å². The summed E-state index contributed by atoms with van der Waals surface area (Å²) in [6.45, 7) is 6.22. The topological polar surface area (TPSA) is 147 Å². The standard InChI is InChI=1S/C31H38N6O6S/c1-30(2,3)43-29(38)36-16-14-31(39,15-17-36)21-10-12-25(27(18-21)42-4)34-28-32-19-22-11-13-26(37(22)35-28)23-8-6-7-9-24(23)33-20-44(5,40)41/h6-13,18-19,33,39H,14-17,20H2,1-5H3,(H,34,35). The number of amides is 1. The van der Waals surface area contributed by atoms with Gasteiger partial charge in [0.25, 0.3) is 0 Å². The third-order valence-corrected chi connectivity index (χ3v) is 8.02. The summed E-state index contributed by atoms with van der Waals surface area (Å²) in [7, 11) is -1.68. The van der Waals surface area contributed by atoms with Gasteiger partial charge in [-0.2, -0.15) is 0 Å². The predicted octanol–water partition coefficient (Wildman–Crippen LogP) is 4.78. The second kappa shape index (κ2) is 12.0. The molecule has 44 heavy (non-hydrogen) atoms. The maximum Gasteiger partial charge on any atom is 0.410 e. The fraction of sp³-hybridized carbons (Fsp3) is 0.387. The number of fused-ring (bicyclic) bond motifs is 1. The fourth-order valence-electron chi connectivity index (χ4n) is 5.11. The molecule has 5 rings (SSSR count). The van der Waals surface area contributed by atoms with E-state index in [0.29, 0.717) is 54.6 Å². The number of hydrogen-bond donors (Lipinski definition) is 3. The number of aliphatic hydroxyl groups is 1. The van der Waals surface area contributed by atoms with E-state index >= 15 is 0 Å². The molecule has 1 aliphatic heterocycles. The molecule has 1 amide bonds. The van der Waals surface area contributed by atoms with Crippen LogP contribution in [0.1, 0.15) is 39.2 Å². The molecule has 4 aromatic rings. The average Bonchev–Trinajstić information content (AvgIpc) is 3.38. The van der Waals surface area contributed by atoms with Gasteiger partial charge in [0, 0.05) is 30.6 Å². The number of aromatic nitrogens is 3. The highest BCUT2D eigenvalue weighted by Gasteiger charge is 2.37. The minimum atomic E-state index is -3.23. The second-order valence-corrected chi connectivity index (χ2v) is 14.1. The van der Waals surface area contributed by atoms with Gasteiger partial charge in [-0.1, -0.05) is 24.3 Å². The monoisotopic (exact) mass is 622 g/mol. The number of carbonyl (C=O) groups excluding carboxylic acids is 1. The number of benzene rings is 2. The first kappa shape index (κ1) is 31.1. The number of methoxy groups -OCH3 is 1. The zero-order valence-electron chi connectivity index (χ0n) is 25.5. The van der Waals surface area contributed by atoms with Crippen molar-refractivity contribution in [3.63, 3.8) is 0 Å². The van der Waals surface area contributed by atoms with E-state index < -0.39 is 21.0 Å². The number of nitrogens with one attached hydrogen (secondary N) is 2. The van der Waals surface area contributed by atoms with Crippen LogP contribution in [0.15, 0.2) is 60.8 Å². The third kappa shape index (κ3) is 7.05. The van der Waals surface area contributed by atoms with E-state index in [1.165, 1.54) is 6.26 Å². The van der Waals surface area contributed by atoms with Gasteiger partial charge in [0.15, 0.2) is 9.84 Å². The molecule has 0 spiro atoms. The van der Waals surface area contributed by atoms with Crippen LogP contribution in [0.3, 0.4) is 0 Å². The summed E-state index contributed by atoms with van der Waals surface area (Å²) in [4.78, 5) is 18.6. The normalized spacial score (nSPS) is 15.2. The Hall–Kier alpha value is -4.36. The SMILES string of the molecule is COc1cc(C2(O)CCN(C(=O)OC(C)(C)C)CC2)ccc1Nc1ncc2ccc(-c3ccccc3NCS(C)(=O)=O)n2n1. The van der Waals surface area contributed by atoms with Gasteiger partial charge in [-0.25, -0.2) is 22.7 Å². The molecule has 2 aromatic carbocycles. The Balaban J connectivity index is 1.36. The van der Waals surface area contributed by atoms with Crippen molar-refractivity contribution >= 4 is 38.8 Å². The number of nitrogens with zero attached hydrogens (tertiary/aromatic N) is 4. The lowest BCUT2D eigenvalue weighted by atomic mass is 9.84. The number of ether oxygens (including phenoxy) is 2. The van der Waals surface area contributed by atoms with Gasteiger partial charge >= 0.3 is 6.09 Å². The molecule has 3 N–H and O–H groups in total. The molecule has 12 nitrogen and oxygen atoms in total. The molecule has 0 radical (unpaired) electrons. The predicted molar refractivity (Wildman–Crippen MR) is 169 cm³/mol. The molecular weight excluding hydrogens is 584 g/mol. The van der Waals surface area contributed by atoms with E-state index in [2.05, 4.69) is 15.6 Å². The summed E-state index contributed by atoms with van der Waals surface area (Å²) in [5.74, 6) is 0.617. The van der Waals surface area contributed by atoms with Crippen molar-refractivity contribution in [1.29, 1.82) is 0 Å². The molecule has 234 valence electrons. The van der Waals surface area contributed by atoms with E-state index in [1.807, 2.05) is 63.2 Å². The fourth-order valence-corrected chi connectivity index (χ4v) is 5.53. The largest absolute Gasteiger partial charge is 0.495 e. The van der Waals surface area contributed by atoms with E-state index in [4.69, 9.17) is 14.6 Å². The highest BCUT2D eigenvalue weighted by Crippen LogP contribution is 2.38. The van der Waals surface area contributed by atoms with E-state index in [0.717, 1.165) is 16.8 Å². The van der Waals surface area contributed by atoms with E-state index in [1.54, 1.807) is 34.9 Å². The molecule has 0 atom stereocenters. The van der Waals surface area contributed by atoms with Crippen molar-refractivity contribution in [2.45, 2.75) is 44.8 Å². The smallest absolute Gasteiger partial charge is 0.410 e. The molecule has 1 fully saturated rings. The van der Waals surface area contributed by atoms with Gasteiger partial charge in [0.05, 0.1) is 35.8 Å². The van der Waals surface area contributed by atoms with Crippen molar-refractivity contribution in [3.8, 4) is 17.0 Å². The van der Waals surface area contributed by atoms with Crippen LogP contribution in [0.4, 0.5) is 22.1 Å². The maximum atomic E-state index is 12.5. The Morgan fingerprint density at radius 1 is 1.07 bits per heavy atom. The van der Waals surface area contributed by atoms with Crippen LogP contribution in [-0.4, -0.2) is 77.0 Å². The molecule has 0 aliphatic carbocycles.